The molecule has 0 spiro atoms. The molecule has 0 saturated heterocycles. The fourth-order valence-electron chi connectivity index (χ4n) is 1.32. The second-order valence-electron chi connectivity index (χ2n) is 2.95. The van der Waals surface area contributed by atoms with Crippen LogP contribution in [0.5, 0.6) is 0 Å². The number of rotatable bonds is 1. The van der Waals surface area contributed by atoms with Crippen LogP contribution in [0.4, 0.5) is 0 Å². The van der Waals surface area contributed by atoms with Gasteiger partial charge in [0.25, 0.3) is 9.05 Å². The molecule has 0 heterocycles. The zero-order valence-corrected chi connectivity index (χ0v) is 10.7. The summed E-state index contributed by atoms with van der Waals surface area (Å²) in [5, 5.41) is 1.87. The molecule has 2 nitrogen and oxygen atoms in total. The van der Waals surface area contributed by atoms with Crippen molar-refractivity contribution in [1.82, 2.24) is 0 Å². The molecule has 0 N–H and O–H groups in total. The van der Waals surface area contributed by atoms with Crippen LogP contribution in [-0.4, -0.2) is 8.42 Å². The van der Waals surface area contributed by atoms with Crippen LogP contribution in [0.1, 0.15) is 13.8 Å². The summed E-state index contributed by atoms with van der Waals surface area (Å²) in [5.74, 6) is 0. The average Bonchev–Trinajstić information content (AvgIpc) is 2.30. The van der Waals surface area contributed by atoms with Gasteiger partial charge in [-0.25, -0.2) is 8.42 Å². The van der Waals surface area contributed by atoms with Crippen molar-refractivity contribution in [3.05, 3.63) is 42.5 Å². The van der Waals surface area contributed by atoms with Gasteiger partial charge in [0.05, 0.1) is 4.90 Å². The minimum absolute atomic E-state index is 0.137. The molecule has 0 bridgehead atoms. The van der Waals surface area contributed by atoms with Crippen LogP contribution in [0.25, 0.3) is 10.8 Å². The summed E-state index contributed by atoms with van der Waals surface area (Å²) in [5.41, 5.74) is 0. The van der Waals surface area contributed by atoms with Gasteiger partial charge in [-0.2, -0.15) is 0 Å². The van der Waals surface area contributed by atoms with Gasteiger partial charge in [-0.15, -0.1) is 0 Å². The van der Waals surface area contributed by atoms with Crippen LogP contribution in [-0.2, 0) is 9.05 Å². The molecular formula is C12H13ClO2S. The quantitative estimate of drug-likeness (QED) is 0.728. The van der Waals surface area contributed by atoms with Gasteiger partial charge in [0.2, 0.25) is 0 Å². The largest absolute Gasteiger partial charge is 0.261 e. The molecule has 2 rings (SSSR count). The second-order valence-corrected chi connectivity index (χ2v) is 5.51. The van der Waals surface area contributed by atoms with Gasteiger partial charge in [0.15, 0.2) is 0 Å². The highest BCUT2D eigenvalue weighted by Crippen LogP contribution is 2.21. The molecule has 0 radical (unpaired) electrons. The van der Waals surface area contributed by atoms with Crippen molar-refractivity contribution in [2.45, 2.75) is 18.7 Å². The number of hydrogen-bond acceptors (Lipinski definition) is 2. The zero-order chi connectivity index (χ0) is 12.2. The van der Waals surface area contributed by atoms with Crippen molar-refractivity contribution < 1.29 is 8.42 Å². The van der Waals surface area contributed by atoms with Crippen molar-refractivity contribution in [3.63, 3.8) is 0 Å². The summed E-state index contributed by atoms with van der Waals surface area (Å²) in [6.45, 7) is 4.00. The molecule has 0 aliphatic rings. The molecule has 0 aromatic heterocycles. The Labute approximate surface area is 100 Å². The van der Waals surface area contributed by atoms with E-state index in [1.165, 1.54) is 6.07 Å². The highest BCUT2D eigenvalue weighted by molar-refractivity contribution is 8.13. The fraction of sp³-hybridized carbons (Fsp3) is 0.167. The summed E-state index contributed by atoms with van der Waals surface area (Å²) in [4.78, 5) is 0.137. The van der Waals surface area contributed by atoms with E-state index in [1.54, 1.807) is 12.1 Å². The molecule has 16 heavy (non-hydrogen) atoms. The van der Waals surface area contributed by atoms with Gasteiger partial charge >= 0.3 is 0 Å². The van der Waals surface area contributed by atoms with E-state index < -0.39 is 9.05 Å². The number of benzene rings is 2. The standard InChI is InChI=1S/C10H7ClO2S.C2H6/c11-14(12,13)10-6-5-8-3-1-2-4-9(8)7-10;1-2/h1-7H;1-2H3. The van der Waals surface area contributed by atoms with Crippen molar-refractivity contribution in [1.29, 1.82) is 0 Å². The minimum atomic E-state index is -3.62. The predicted octanol–water partition coefficient (Wildman–Crippen LogP) is 3.79. The molecule has 0 saturated carbocycles. The Morgan fingerprint density at radius 3 is 2.06 bits per heavy atom. The Morgan fingerprint density at radius 2 is 1.50 bits per heavy atom. The van der Waals surface area contributed by atoms with E-state index in [-0.39, 0.29) is 4.90 Å². The predicted molar refractivity (Wildman–Crippen MR) is 68.3 cm³/mol. The first-order valence-corrected chi connectivity index (χ1v) is 7.32. The van der Waals surface area contributed by atoms with Crippen LogP contribution in [0, 0.1) is 0 Å². The van der Waals surface area contributed by atoms with Crippen LogP contribution < -0.4 is 0 Å². The van der Waals surface area contributed by atoms with Crippen LogP contribution in [0.2, 0.25) is 0 Å². The van der Waals surface area contributed by atoms with Gasteiger partial charge in [-0.3, -0.25) is 0 Å². The summed E-state index contributed by atoms with van der Waals surface area (Å²) < 4.78 is 22.1. The first-order chi connectivity index (χ1) is 7.57. The molecule has 0 aliphatic carbocycles. The first-order valence-electron chi connectivity index (χ1n) is 5.01. The third kappa shape index (κ3) is 2.97. The third-order valence-electron chi connectivity index (χ3n) is 2.00. The van der Waals surface area contributed by atoms with E-state index in [4.69, 9.17) is 10.7 Å². The summed E-state index contributed by atoms with van der Waals surface area (Å²) >= 11 is 0. The molecule has 0 amide bonds. The van der Waals surface area contributed by atoms with Crippen LogP contribution in [0.3, 0.4) is 0 Å². The lowest BCUT2D eigenvalue weighted by Crippen LogP contribution is -1.89. The summed E-state index contributed by atoms with van der Waals surface area (Å²) in [6.07, 6.45) is 0. The monoisotopic (exact) mass is 256 g/mol. The van der Waals surface area contributed by atoms with Gasteiger partial charge in [0.1, 0.15) is 0 Å². The second kappa shape index (κ2) is 5.32. The maximum atomic E-state index is 11.0. The van der Waals surface area contributed by atoms with Crippen LogP contribution >= 0.6 is 10.7 Å². The van der Waals surface area contributed by atoms with Crippen LogP contribution in [0.15, 0.2) is 47.4 Å². The number of hydrogen-bond donors (Lipinski definition) is 0. The van der Waals surface area contributed by atoms with E-state index in [0.717, 1.165) is 10.8 Å². The third-order valence-corrected chi connectivity index (χ3v) is 3.35. The molecule has 0 aliphatic heterocycles. The molecule has 2 aromatic rings. The molecule has 0 unspecified atom stereocenters. The van der Waals surface area contributed by atoms with Crippen molar-refractivity contribution >= 4 is 30.5 Å². The Hall–Kier alpha value is -1.06. The van der Waals surface area contributed by atoms with E-state index in [2.05, 4.69) is 0 Å². The van der Waals surface area contributed by atoms with Gasteiger partial charge in [-0.1, -0.05) is 44.2 Å². The van der Waals surface area contributed by atoms with E-state index >= 15 is 0 Å². The van der Waals surface area contributed by atoms with Gasteiger partial charge in [-0.05, 0) is 22.9 Å². The minimum Gasteiger partial charge on any atom is -0.207 e. The maximum absolute atomic E-state index is 11.0. The highest BCUT2D eigenvalue weighted by atomic mass is 35.7. The molecule has 0 atom stereocenters. The summed E-state index contributed by atoms with van der Waals surface area (Å²) in [6, 6.07) is 12.3. The van der Waals surface area contributed by atoms with E-state index in [9.17, 15) is 8.42 Å². The Bertz CT molecular complexity index is 576. The Balaban J connectivity index is 0.000000606. The molecule has 86 valence electrons. The lowest BCUT2D eigenvalue weighted by molar-refractivity contribution is 0.609. The highest BCUT2D eigenvalue weighted by Gasteiger charge is 2.09. The lowest BCUT2D eigenvalue weighted by atomic mass is 10.1. The van der Waals surface area contributed by atoms with Crippen molar-refractivity contribution in [3.8, 4) is 0 Å². The Morgan fingerprint density at radius 1 is 0.938 bits per heavy atom. The SMILES string of the molecule is CC.O=S(=O)(Cl)c1ccc2ccccc2c1. The summed E-state index contributed by atoms with van der Waals surface area (Å²) in [7, 11) is 1.61. The fourth-order valence-corrected chi connectivity index (χ4v) is 2.11. The smallest absolute Gasteiger partial charge is 0.207 e. The van der Waals surface area contributed by atoms with E-state index in [0.29, 0.717) is 0 Å². The van der Waals surface area contributed by atoms with Crippen molar-refractivity contribution in [2.24, 2.45) is 0 Å². The van der Waals surface area contributed by atoms with Crippen molar-refractivity contribution in [2.75, 3.05) is 0 Å². The number of fused-ring (bicyclic) bond motifs is 1. The maximum Gasteiger partial charge on any atom is 0.261 e. The first kappa shape index (κ1) is 13.0. The van der Waals surface area contributed by atoms with E-state index in [1.807, 2.05) is 38.1 Å². The topological polar surface area (TPSA) is 34.1 Å². The molecule has 4 heteroatoms. The average molecular weight is 257 g/mol. The zero-order valence-electron chi connectivity index (χ0n) is 9.14. The van der Waals surface area contributed by atoms with Gasteiger partial charge in [0, 0.05) is 10.7 Å². The van der Waals surface area contributed by atoms with Gasteiger partial charge < -0.3 is 0 Å². The lowest BCUT2D eigenvalue weighted by Gasteiger charge is -1.99. The normalized spacial score (nSPS) is 10.7. The molecule has 0 fully saturated rings. The molecule has 2 aromatic carbocycles. The molecular weight excluding hydrogens is 244 g/mol. The Kier molecular flexibility index (Phi) is 4.33. The number of halogens is 1.